The molecule has 0 aromatic heterocycles. The second-order valence-electron chi connectivity index (χ2n) is 7.99. The topological polar surface area (TPSA) is 111 Å². The van der Waals surface area contributed by atoms with E-state index in [4.69, 9.17) is 10.00 Å². The van der Waals surface area contributed by atoms with Crippen molar-refractivity contribution < 1.29 is 22.7 Å². The summed E-state index contributed by atoms with van der Waals surface area (Å²) in [6.07, 6.45) is 0.177. The minimum atomic E-state index is -3.78. The van der Waals surface area contributed by atoms with Gasteiger partial charge in [0.1, 0.15) is 0 Å². The number of benzene rings is 2. The molecule has 1 saturated heterocycles. The number of amides is 1. The number of hydrogen-bond donors (Lipinski definition) is 0. The molecule has 0 atom stereocenters. The summed E-state index contributed by atoms with van der Waals surface area (Å²) in [6.45, 7) is 2.44. The average molecular weight is 485 g/mol. The van der Waals surface area contributed by atoms with E-state index in [1.54, 1.807) is 0 Å². The van der Waals surface area contributed by atoms with Crippen LogP contribution in [0, 0.1) is 11.3 Å². The van der Waals surface area contributed by atoms with Gasteiger partial charge in [0.05, 0.1) is 22.9 Å². The Hall–Kier alpha value is -3.26. The van der Waals surface area contributed by atoms with Gasteiger partial charge in [-0.2, -0.15) is 9.57 Å². The molecule has 10 heteroatoms. The van der Waals surface area contributed by atoms with Gasteiger partial charge in [-0.3, -0.25) is 9.69 Å². The highest BCUT2D eigenvalue weighted by Gasteiger charge is 2.29. The second-order valence-corrected chi connectivity index (χ2v) is 9.93. The number of ether oxygens (including phenoxy) is 1. The van der Waals surface area contributed by atoms with Crippen LogP contribution in [0.25, 0.3) is 0 Å². The lowest BCUT2D eigenvalue weighted by Gasteiger charge is -2.34. The predicted octanol–water partition coefficient (Wildman–Crippen LogP) is 1.72. The molecule has 0 saturated carbocycles. The van der Waals surface area contributed by atoms with Crippen molar-refractivity contribution >= 4 is 21.9 Å². The van der Waals surface area contributed by atoms with E-state index in [9.17, 15) is 18.0 Å². The van der Waals surface area contributed by atoms with Gasteiger partial charge in [0.15, 0.2) is 6.61 Å². The number of likely N-dealkylation sites (N-methyl/N-ethyl adjacent to an activating group) is 1. The van der Waals surface area contributed by atoms with Gasteiger partial charge >= 0.3 is 5.97 Å². The van der Waals surface area contributed by atoms with Crippen LogP contribution in [0.3, 0.4) is 0 Å². The molecule has 1 heterocycles. The average Bonchev–Trinajstić information content (AvgIpc) is 2.86. The molecule has 180 valence electrons. The third-order valence-corrected chi connectivity index (χ3v) is 7.49. The first-order chi connectivity index (χ1) is 16.3. The van der Waals surface area contributed by atoms with Gasteiger partial charge < -0.3 is 9.64 Å². The number of rotatable bonds is 9. The molecule has 0 N–H and O–H groups in total. The van der Waals surface area contributed by atoms with Crippen molar-refractivity contribution in [1.82, 2.24) is 14.1 Å². The molecule has 3 rings (SSSR count). The fourth-order valence-corrected chi connectivity index (χ4v) is 5.03. The number of carbonyl (C=O) groups is 2. The van der Waals surface area contributed by atoms with E-state index in [1.807, 2.05) is 36.4 Å². The minimum Gasteiger partial charge on any atom is -0.452 e. The highest BCUT2D eigenvalue weighted by molar-refractivity contribution is 7.89. The van der Waals surface area contributed by atoms with Gasteiger partial charge in [0.2, 0.25) is 10.0 Å². The smallest absolute Gasteiger partial charge is 0.338 e. The van der Waals surface area contributed by atoms with Crippen LogP contribution in [0.4, 0.5) is 0 Å². The fourth-order valence-electron chi connectivity index (χ4n) is 3.57. The highest BCUT2D eigenvalue weighted by atomic mass is 32.2. The first-order valence-corrected chi connectivity index (χ1v) is 12.4. The summed E-state index contributed by atoms with van der Waals surface area (Å²) < 4.78 is 32.8. The molecule has 1 amide bonds. The SMILES string of the molecule is CN(CCC#N)C(=O)COC(=O)c1cccc(S(=O)(=O)N2CCN(Cc3ccccc3)CC2)c1. The molecule has 9 nitrogen and oxygen atoms in total. The van der Waals surface area contributed by atoms with Crippen molar-refractivity contribution in [3.63, 3.8) is 0 Å². The highest BCUT2D eigenvalue weighted by Crippen LogP contribution is 2.20. The van der Waals surface area contributed by atoms with Crippen LogP contribution >= 0.6 is 0 Å². The first kappa shape index (κ1) is 25.4. The number of piperazine rings is 1. The predicted molar refractivity (Wildman–Crippen MR) is 125 cm³/mol. The summed E-state index contributed by atoms with van der Waals surface area (Å²) in [7, 11) is -2.26. The maximum Gasteiger partial charge on any atom is 0.338 e. The van der Waals surface area contributed by atoms with Crippen LogP contribution in [0.15, 0.2) is 59.5 Å². The summed E-state index contributed by atoms with van der Waals surface area (Å²) in [6, 6.07) is 17.6. The Labute approximate surface area is 200 Å². The molecule has 1 aliphatic heterocycles. The Bertz CT molecular complexity index is 1140. The van der Waals surface area contributed by atoms with Crippen LogP contribution in [-0.2, 0) is 26.1 Å². The maximum absolute atomic E-state index is 13.2. The van der Waals surface area contributed by atoms with Crippen molar-refractivity contribution in [2.75, 3.05) is 46.4 Å². The molecular weight excluding hydrogens is 456 g/mol. The number of hydrogen-bond acceptors (Lipinski definition) is 7. The number of nitriles is 1. The van der Waals surface area contributed by atoms with E-state index < -0.39 is 28.5 Å². The standard InChI is InChI=1S/C24H28N4O5S/c1-26(12-6-11-25)23(29)19-33-24(30)21-9-5-10-22(17-21)34(31,32)28-15-13-27(14-16-28)18-20-7-3-2-4-8-20/h2-5,7-10,17H,6,12-16,18-19H2,1H3. The molecule has 0 bridgehead atoms. The molecule has 2 aromatic carbocycles. The third-order valence-electron chi connectivity index (χ3n) is 5.60. The monoisotopic (exact) mass is 484 g/mol. The van der Waals surface area contributed by atoms with E-state index in [0.717, 1.165) is 6.54 Å². The van der Waals surface area contributed by atoms with Crippen molar-refractivity contribution in [1.29, 1.82) is 5.26 Å². The Morgan fingerprint density at radius 1 is 1.06 bits per heavy atom. The molecule has 1 aliphatic rings. The summed E-state index contributed by atoms with van der Waals surface area (Å²) in [5.74, 6) is -1.23. The van der Waals surface area contributed by atoms with Crippen LogP contribution < -0.4 is 0 Å². The molecular formula is C24H28N4O5S. The third kappa shape index (κ3) is 6.63. The number of nitrogens with zero attached hydrogens (tertiary/aromatic N) is 4. The number of carbonyl (C=O) groups excluding carboxylic acids is 2. The molecule has 2 aromatic rings. The van der Waals surface area contributed by atoms with Crippen molar-refractivity contribution in [3.05, 3.63) is 65.7 Å². The van der Waals surface area contributed by atoms with E-state index in [1.165, 1.54) is 46.1 Å². The van der Waals surface area contributed by atoms with Gasteiger partial charge in [-0.15, -0.1) is 0 Å². The molecule has 0 radical (unpaired) electrons. The Kier molecular flexibility index (Phi) is 8.76. The molecule has 1 fully saturated rings. The van der Waals surface area contributed by atoms with Crippen LogP contribution in [-0.4, -0.2) is 80.8 Å². The molecule has 34 heavy (non-hydrogen) atoms. The van der Waals surface area contributed by atoms with E-state index in [-0.39, 0.29) is 23.4 Å². The first-order valence-electron chi connectivity index (χ1n) is 11.0. The molecule has 0 aliphatic carbocycles. The largest absolute Gasteiger partial charge is 0.452 e. The van der Waals surface area contributed by atoms with Gasteiger partial charge in [-0.25, -0.2) is 13.2 Å². The summed E-state index contributed by atoms with van der Waals surface area (Å²) >= 11 is 0. The van der Waals surface area contributed by atoms with E-state index >= 15 is 0 Å². The maximum atomic E-state index is 13.2. The van der Waals surface area contributed by atoms with Gasteiger partial charge in [0, 0.05) is 46.3 Å². The Morgan fingerprint density at radius 3 is 2.44 bits per heavy atom. The number of esters is 1. The quantitative estimate of drug-likeness (QED) is 0.498. The summed E-state index contributed by atoms with van der Waals surface area (Å²) in [5, 5.41) is 8.59. The van der Waals surface area contributed by atoms with Crippen LogP contribution in [0.1, 0.15) is 22.3 Å². The zero-order valence-electron chi connectivity index (χ0n) is 19.1. The van der Waals surface area contributed by atoms with E-state index in [0.29, 0.717) is 26.2 Å². The second kappa shape index (κ2) is 11.7. The van der Waals surface area contributed by atoms with Crippen molar-refractivity contribution in [2.45, 2.75) is 17.9 Å². The molecule has 0 spiro atoms. The normalized spacial score (nSPS) is 14.8. The zero-order chi connectivity index (χ0) is 24.6. The Morgan fingerprint density at radius 2 is 1.76 bits per heavy atom. The molecule has 0 unspecified atom stereocenters. The van der Waals surface area contributed by atoms with Gasteiger partial charge in [-0.1, -0.05) is 36.4 Å². The van der Waals surface area contributed by atoms with Crippen LogP contribution in [0.2, 0.25) is 0 Å². The van der Waals surface area contributed by atoms with Gasteiger partial charge in [0.25, 0.3) is 5.91 Å². The fraction of sp³-hybridized carbons (Fsp3) is 0.375. The summed E-state index contributed by atoms with van der Waals surface area (Å²) in [5.41, 5.74) is 1.23. The summed E-state index contributed by atoms with van der Waals surface area (Å²) in [4.78, 5) is 27.9. The van der Waals surface area contributed by atoms with Crippen molar-refractivity contribution in [2.24, 2.45) is 0 Å². The minimum absolute atomic E-state index is 0.0101. The number of sulfonamides is 1. The van der Waals surface area contributed by atoms with Crippen LogP contribution in [0.5, 0.6) is 0 Å². The van der Waals surface area contributed by atoms with Crippen molar-refractivity contribution in [3.8, 4) is 6.07 Å². The lowest BCUT2D eigenvalue weighted by atomic mass is 10.2. The van der Waals surface area contributed by atoms with Gasteiger partial charge in [-0.05, 0) is 23.8 Å². The van der Waals surface area contributed by atoms with E-state index in [2.05, 4.69) is 4.90 Å². The zero-order valence-corrected chi connectivity index (χ0v) is 19.9. The lowest BCUT2D eigenvalue weighted by molar-refractivity contribution is -0.133. The Balaban J connectivity index is 1.58. The lowest BCUT2D eigenvalue weighted by Crippen LogP contribution is -2.48.